The van der Waals surface area contributed by atoms with Crippen LogP contribution in [0.3, 0.4) is 0 Å². The maximum atomic E-state index is 7.05. The Labute approximate surface area is 73.6 Å². The van der Waals surface area contributed by atoms with E-state index < -0.39 is 0 Å². The number of pyridine rings is 1. The Morgan fingerprint density at radius 1 is 1.67 bits per heavy atom. The van der Waals surface area contributed by atoms with Gasteiger partial charge in [0.2, 0.25) is 0 Å². The van der Waals surface area contributed by atoms with E-state index in [1.165, 1.54) is 6.21 Å². The molecule has 0 unspecified atom stereocenters. The molecule has 0 aromatic carbocycles. The standard InChI is InChI=1S/C9H13N3.H2/c1-6(2)7-3-4-12-8(5-10)9(7)11;/h3-6,10H,11H2,1-2H3;1H. The molecule has 0 bridgehead atoms. The van der Waals surface area contributed by atoms with Gasteiger partial charge in [0.25, 0.3) is 0 Å². The number of anilines is 1. The second-order valence-corrected chi connectivity index (χ2v) is 3.00. The van der Waals surface area contributed by atoms with Gasteiger partial charge in [0.15, 0.2) is 0 Å². The summed E-state index contributed by atoms with van der Waals surface area (Å²) in [5.74, 6) is 0.381. The van der Waals surface area contributed by atoms with E-state index in [0.717, 1.165) is 5.56 Å². The highest BCUT2D eigenvalue weighted by molar-refractivity contribution is 5.83. The molecular formula is C9H15N3. The van der Waals surface area contributed by atoms with E-state index in [0.29, 0.717) is 17.3 Å². The molecule has 1 aromatic rings. The number of nitrogens with one attached hydrogen (secondary N) is 1. The first-order chi connectivity index (χ1) is 5.66. The van der Waals surface area contributed by atoms with Crippen LogP contribution in [-0.4, -0.2) is 11.2 Å². The number of nitrogens with two attached hydrogens (primary N) is 1. The minimum Gasteiger partial charge on any atom is -0.397 e. The Morgan fingerprint density at radius 3 is 2.83 bits per heavy atom. The van der Waals surface area contributed by atoms with Gasteiger partial charge in [-0.1, -0.05) is 13.8 Å². The molecule has 0 aliphatic rings. The summed E-state index contributed by atoms with van der Waals surface area (Å²) in [7, 11) is 0. The van der Waals surface area contributed by atoms with Gasteiger partial charge in [-0.15, -0.1) is 0 Å². The smallest absolute Gasteiger partial charge is 0.104 e. The second kappa shape index (κ2) is 3.34. The summed E-state index contributed by atoms with van der Waals surface area (Å²) in [4.78, 5) is 3.97. The van der Waals surface area contributed by atoms with Crippen molar-refractivity contribution in [2.45, 2.75) is 19.8 Å². The molecule has 0 aliphatic heterocycles. The Bertz CT molecular complexity index is 297. The fraction of sp³-hybridized carbons (Fsp3) is 0.333. The summed E-state index contributed by atoms with van der Waals surface area (Å²) in [6.07, 6.45) is 2.87. The molecule has 3 N–H and O–H groups in total. The lowest BCUT2D eigenvalue weighted by Crippen LogP contribution is -2.02. The van der Waals surface area contributed by atoms with Crippen LogP contribution in [0.2, 0.25) is 0 Å². The summed E-state index contributed by atoms with van der Waals surface area (Å²) < 4.78 is 0. The molecule has 0 saturated carbocycles. The molecule has 0 spiro atoms. The van der Waals surface area contributed by atoms with Crippen LogP contribution in [0.15, 0.2) is 12.3 Å². The number of hydrogen-bond acceptors (Lipinski definition) is 3. The minimum atomic E-state index is 0. The van der Waals surface area contributed by atoms with Gasteiger partial charge in [-0.25, -0.2) is 0 Å². The third kappa shape index (κ3) is 1.44. The molecule has 1 aromatic heterocycles. The predicted octanol–water partition coefficient (Wildman–Crippen LogP) is 2.03. The van der Waals surface area contributed by atoms with Gasteiger partial charge in [-0.2, -0.15) is 0 Å². The highest BCUT2D eigenvalue weighted by atomic mass is 14.7. The molecule has 1 rings (SSSR count). The third-order valence-corrected chi connectivity index (χ3v) is 1.81. The van der Waals surface area contributed by atoms with Crippen LogP contribution in [-0.2, 0) is 0 Å². The zero-order chi connectivity index (χ0) is 9.14. The summed E-state index contributed by atoms with van der Waals surface area (Å²) >= 11 is 0. The van der Waals surface area contributed by atoms with Crippen molar-refractivity contribution in [3.63, 3.8) is 0 Å². The molecular weight excluding hydrogens is 150 g/mol. The van der Waals surface area contributed by atoms with Gasteiger partial charge in [0.05, 0.1) is 5.69 Å². The predicted molar refractivity (Wildman–Crippen MR) is 52.7 cm³/mol. The van der Waals surface area contributed by atoms with Gasteiger partial charge in [-0.3, -0.25) is 4.98 Å². The number of aromatic nitrogens is 1. The van der Waals surface area contributed by atoms with Crippen LogP contribution in [0.1, 0.15) is 32.4 Å². The molecule has 0 aliphatic carbocycles. The van der Waals surface area contributed by atoms with E-state index in [4.69, 9.17) is 11.1 Å². The maximum Gasteiger partial charge on any atom is 0.104 e. The number of nitrogens with zero attached hydrogens (tertiary/aromatic N) is 1. The molecule has 0 fully saturated rings. The summed E-state index contributed by atoms with van der Waals surface area (Å²) in [5, 5.41) is 7.05. The minimum absolute atomic E-state index is 0. The third-order valence-electron chi connectivity index (χ3n) is 1.81. The SMILES string of the molecule is CC(C)c1ccnc(C=N)c1N.[HH]. The lowest BCUT2D eigenvalue weighted by atomic mass is 10.0. The fourth-order valence-electron chi connectivity index (χ4n) is 1.12. The Balaban J connectivity index is 0.00000144. The first-order valence-electron chi connectivity index (χ1n) is 3.91. The average Bonchev–Trinajstić information content (AvgIpc) is 2.04. The van der Waals surface area contributed by atoms with Crippen LogP contribution in [0, 0.1) is 5.41 Å². The Hall–Kier alpha value is -1.38. The van der Waals surface area contributed by atoms with E-state index >= 15 is 0 Å². The highest BCUT2D eigenvalue weighted by Crippen LogP contribution is 2.21. The van der Waals surface area contributed by atoms with Crippen LogP contribution >= 0.6 is 0 Å². The van der Waals surface area contributed by atoms with Crippen molar-refractivity contribution in [3.05, 3.63) is 23.5 Å². The first kappa shape index (κ1) is 8.71. The lowest BCUT2D eigenvalue weighted by molar-refractivity contribution is 0.866. The molecule has 0 atom stereocenters. The van der Waals surface area contributed by atoms with Crippen LogP contribution < -0.4 is 5.73 Å². The molecule has 0 saturated heterocycles. The molecule has 3 heteroatoms. The van der Waals surface area contributed by atoms with Crippen molar-refractivity contribution in [1.82, 2.24) is 4.98 Å². The molecule has 0 radical (unpaired) electrons. The van der Waals surface area contributed by atoms with Crippen molar-refractivity contribution in [2.75, 3.05) is 5.73 Å². The quantitative estimate of drug-likeness (QED) is 0.658. The van der Waals surface area contributed by atoms with Crippen molar-refractivity contribution >= 4 is 11.9 Å². The van der Waals surface area contributed by atoms with Crippen molar-refractivity contribution < 1.29 is 1.43 Å². The molecule has 12 heavy (non-hydrogen) atoms. The largest absolute Gasteiger partial charge is 0.397 e. The van der Waals surface area contributed by atoms with Gasteiger partial charge < -0.3 is 11.1 Å². The number of hydrogen-bond donors (Lipinski definition) is 2. The van der Waals surface area contributed by atoms with Crippen molar-refractivity contribution in [2.24, 2.45) is 0 Å². The van der Waals surface area contributed by atoms with Crippen LogP contribution in [0.5, 0.6) is 0 Å². The number of nitrogen functional groups attached to an aromatic ring is 1. The Morgan fingerprint density at radius 2 is 2.33 bits per heavy atom. The zero-order valence-electron chi connectivity index (χ0n) is 7.33. The van der Waals surface area contributed by atoms with E-state index in [2.05, 4.69) is 18.8 Å². The fourth-order valence-corrected chi connectivity index (χ4v) is 1.12. The van der Waals surface area contributed by atoms with Crippen molar-refractivity contribution in [3.8, 4) is 0 Å². The average molecular weight is 165 g/mol. The Kier molecular flexibility index (Phi) is 2.43. The lowest BCUT2D eigenvalue weighted by Gasteiger charge is -2.09. The van der Waals surface area contributed by atoms with E-state index in [-0.39, 0.29) is 1.43 Å². The molecule has 1 heterocycles. The monoisotopic (exact) mass is 165 g/mol. The topological polar surface area (TPSA) is 62.8 Å². The maximum absolute atomic E-state index is 7.05. The van der Waals surface area contributed by atoms with Gasteiger partial charge >= 0.3 is 0 Å². The van der Waals surface area contributed by atoms with Gasteiger partial charge in [-0.05, 0) is 17.5 Å². The van der Waals surface area contributed by atoms with E-state index in [9.17, 15) is 0 Å². The normalized spacial score (nSPS) is 10.2. The highest BCUT2D eigenvalue weighted by Gasteiger charge is 2.06. The molecule has 0 amide bonds. The summed E-state index contributed by atoms with van der Waals surface area (Å²) in [6, 6.07) is 1.90. The van der Waals surface area contributed by atoms with E-state index in [1.807, 2.05) is 6.07 Å². The van der Waals surface area contributed by atoms with E-state index in [1.54, 1.807) is 6.20 Å². The summed E-state index contributed by atoms with van der Waals surface area (Å²) in [6.45, 7) is 4.14. The van der Waals surface area contributed by atoms with Crippen LogP contribution in [0.4, 0.5) is 5.69 Å². The zero-order valence-corrected chi connectivity index (χ0v) is 7.33. The van der Waals surface area contributed by atoms with Crippen LogP contribution in [0.25, 0.3) is 0 Å². The van der Waals surface area contributed by atoms with Gasteiger partial charge in [0.1, 0.15) is 5.69 Å². The second-order valence-electron chi connectivity index (χ2n) is 3.00. The number of rotatable bonds is 2. The molecule has 3 nitrogen and oxygen atoms in total. The first-order valence-corrected chi connectivity index (χ1v) is 3.91. The van der Waals surface area contributed by atoms with Crippen molar-refractivity contribution in [1.29, 1.82) is 5.41 Å². The summed E-state index contributed by atoms with van der Waals surface area (Å²) in [5.41, 5.74) is 8.02. The molecule has 66 valence electrons. The van der Waals surface area contributed by atoms with Gasteiger partial charge in [0, 0.05) is 13.8 Å².